The fourth-order valence-electron chi connectivity index (χ4n) is 7.10. The van der Waals surface area contributed by atoms with E-state index < -0.39 is 55.9 Å². The van der Waals surface area contributed by atoms with Gasteiger partial charge in [0.25, 0.3) is 0 Å². The monoisotopic (exact) mass is 1180 g/mol. The maximum atomic E-state index is 12.8. The fraction of sp³-hybridized carbons (Fsp3) is 0.206. The maximum absolute atomic E-state index is 12.8. The van der Waals surface area contributed by atoms with Gasteiger partial charge in [0.05, 0.1) is 32.9 Å². The molecule has 426 valence electrons. The number of alkyl halides is 4. The van der Waals surface area contributed by atoms with E-state index in [1.807, 2.05) is 41.5 Å². The summed E-state index contributed by atoms with van der Waals surface area (Å²) in [5, 5.41) is -9.29. The van der Waals surface area contributed by atoms with Gasteiger partial charge in [0.1, 0.15) is 0 Å². The molecule has 8 aromatic carbocycles. The third kappa shape index (κ3) is 19.6. The first kappa shape index (κ1) is 64.8. The lowest BCUT2D eigenvalue weighted by Crippen LogP contribution is -2.34. The zero-order valence-corrected chi connectivity index (χ0v) is 48.8. The Bertz CT molecular complexity index is 3210. The number of halogens is 4. The first-order valence-corrected chi connectivity index (χ1v) is 30.3. The molecule has 8 aromatic rings. The SMILES string of the molecule is CC(C)(C)c1ccc(C(=O)OCC(F)(F)S(=O)(=O)[O-])cc1.CC(C)(C)c1ccc(C(=O)OCC(F)(F)S(=O)(=O)[O-])cc1.Cc1ccc([S+](c2ccccc2)c2ccccc2)cc1.c1ccc([S+](c2ccccc2)c2ccccc2)cc1. The Morgan fingerprint density at radius 1 is 0.383 bits per heavy atom. The highest BCUT2D eigenvalue weighted by molar-refractivity contribution is 7.97. The van der Waals surface area contributed by atoms with Crippen molar-refractivity contribution in [2.24, 2.45) is 0 Å². The van der Waals surface area contributed by atoms with Crippen molar-refractivity contribution in [2.45, 2.75) is 99.2 Å². The summed E-state index contributed by atoms with van der Waals surface area (Å²) in [6, 6.07) is 74.6. The van der Waals surface area contributed by atoms with Gasteiger partial charge in [-0.15, -0.1) is 0 Å². The van der Waals surface area contributed by atoms with Gasteiger partial charge in [0.2, 0.25) is 0 Å². The third-order valence-corrected chi connectivity index (χ3v) is 17.8. The molecule has 0 aromatic heterocycles. The molecular formula is C63H62F4O10S4. The molecule has 0 aliphatic rings. The van der Waals surface area contributed by atoms with Gasteiger partial charge in [-0.05, 0) is 126 Å². The zero-order chi connectivity index (χ0) is 59.7. The minimum Gasteiger partial charge on any atom is -0.743 e. The lowest BCUT2D eigenvalue weighted by Gasteiger charge is -2.20. The van der Waals surface area contributed by atoms with Crippen LogP contribution in [-0.4, -0.2) is 61.6 Å². The van der Waals surface area contributed by atoms with Crippen LogP contribution in [0.5, 0.6) is 0 Å². The summed E-state index contributed by atoms with van der Waals surface area (Å²) < 4.78 is 121. The van der Waals surface area contributed by atoms with Crippen molar-refractivity contribution in [1.82, 2.24) is 0 Å². The van der Waals surface area contributed by atoms with Crippen molar-refractivity contribution in [3.63, 3.8) is 0 Å². The predicted molar refractivity (Wildman–Crippen MR) is 308 cm³/mol. The van der Waals surface area contributed by atoms with E-state index in [1.165, 1.54) is 59.2 Å². The molecule has 0 spiro atoms. The fourth-order valence-corrected chi connectivity index (χ4v) is 11.7. The Labute approximate surface area is 478 Å². The Hall–Kier alpha value is -7.06. The summed E-state index contributed by atoms with van der Waals surface area (Å²) in [4.78, 5) is 31.2. The Morgan fingerprint density at radius 3 is 0.815 bits per heavy atom. The molecule has 8 rings (SSSR count). The van der Waals surface area contributed by atoms with Crippen LogP contribution < -0.4 is 0 Å². The maximum Gasteiger partial charge on any atom is 0.367 e. The van der Waals surface area contributed by atoms with Gasteiger partial charge in [-0.3, -0.25) is 0 Å². The van der Waals surface area contributed by atoms with E-state index in [2.05, 4.69) is 192 Å². The van der Waals surface area contributed by atoms with Crippen molar-refractivity contribution in [2.75, 3.05) is 13.2 Å². The molecule has 81 heavy (non-hydrogen) atoms. The van der Waals surface area contributed by atoms with Gasteiger partial charge in [0, 0.05) is 0 Å². The molecule has 0 amide bonds. The summed E-state index contributed by atoms with van der Waals surface area (Å²) in [6.07, 6.45) is 0. The van der Waals surface area contributed by atoms with Crippen LogP contribution in [0.4, 0.5) is 17.6 Å². The van der Waals surface area contributed by atoms with Gasteiger partial charge < -0.3 is 18.6 Å². The zero-order valence-electron chi connectivity index (χ0n) is 45.5. The number of ether oxygens (including phenoxy) is 2. The Kier molecular flexibility index (Phi) is 22.8. The second-order valence-corrected chi connectivity index (χ2v) is 27.0. The molecule has 0 saturated carbocycles. The first-order valence-electron chi connectivity index (χ1n) is 25.0. The molecular weight excluding hydrogens is 1120 g/mol. The second kappa shape index (κ2) is 28.6. The highest BCUT2D eigenvalue weighted by Crippen LogP contribution is 2.33. The van der Waals surface area contributed by atoms with E-state index in [1.54, 1.807) is 24.3 Å². The van der Waals surface area contributed by atoms with Crippen LogP contribution in [-0.2, 0) is 62.3 Å². The Morgan fingerprint density at radius 2 is 0.605 bits per heavy atom. The number of benzene rings is 8. The van der Waals surface area contributed by atoms with E-state index in [-0.39, 0.29) is 43.7 Å². The number of aryl methyl sites for hydroxylation is 1. The summed E-state index contributed by atoms with van der Waals surface area (Å²) in [7, 11) is -11.8. The van der Waals surface area contributed by atoms with E-state index in [0.717, 1.165) is 11.1 Å². The van der Waals surface area contributed by atoms with E-state index in [4.69, 9.17) is 0 Å². The smallest absolute Gasteiger partial charge is 0.367 e. The average Bonchev–Trinajstić information content (AvgIpc) is 3.43. The summed E-state index contributed by atoms with van der Waals surface area (Å²) in [5.74, 6) is -2.25. The topological polar surface area (TPSA) is 167 Å². The lowest BCUT2D eigenvalue weighted by molar-refractivity contribution is -0.0101. The molecule has 0 aliphatic heterocycles. The summed E-state index contributed by atoms with van der Waals surface area (Å²) >= 11 is 0. The van der Waals surface area contributed by atoms with Gasteiger partial charge >= 0.3 is 22.4 Å². The second-order valence-electron chi connectivity index (χ2n) is 20.0. The number of hydrogen-bond donors (Lipinski definition) is 0. The van der Waals surface area contributed by atoms with Crippen molar-refractivity contribution in [1.29, 1.82) is 0 Å². The highest BCUT2D eigenvalue weighted by Gasteiger charge is 2.40. The number of carbonyl (C=O) groups excluding carboxylic acids is 2. The number of esters is 2. The summed E-state index contributed by atoms with van der Waals surface area (Å²) in [5.41, 5.74) is 2.83. The normalized spacial score (nSPS) is 11.9. The Balaban J connectivity index is 0.000000198. The van der Waals surface area contributed by atoms with Crippen molar-refractivity contribution < 1.29 is 62.6 Å². The van der Waals surface area contributed by atoms with Crippen LogP contribution in [0.15, 0.2) is 254 Å². The number of rotatable bonds is 14. The first-order chi connectivity index (χ1) is 38.0. The van der Waals surface area contributed by atoms with E-state index in [0.29, 0.717) is 0 Å². The summed E-state index contributed by atoms with van der Waals surface area (Å²) in [6.45, 7) is 10.3. The minimum absolute atomic E-state index is 0.0119. The minimum atomic E-state index is -5.87. The highest BCUT2D eigenvalue weighted by atomic mass is 32.2. The van der Waals surface area contributed by atoms with Crippen LogP contribution in [0.3, 0.4) is 0 Å². The van der Waals surface area contributed by atoms with Crippen LogP contribution in [0, 0.1) is 6.92 Å². The molecule has 0 bridgehead atoms. The molecule has 0 saturated heterocycles. The molecule has 0 unspecified atom stereocenters. The molecule has 10 nitrogen and oxygen atoms in total. The largest absolute Gasteiger partial charge is 0.743 e. The van der Waals surface area contributed by atoms with Crippen molar-refractivity contribution in [3.8, 4) is 0 Å². The van der Waals surface area contributed by atoms with Crippen LogP contribution in [0.25, 0.3) is 0 Å². The average molecular weight is 1180 g/mol. The lowest BCUT2D eigenvalue weighted by atomic mass is 9.87. The molecule has 0 atom stereocenters. The van der Waals surface area contributed by atoms with Crippen LogP contribution in [0.2, 0.25) is 0 Å². The number of carbonyl (C=O) groups is 2. The van der Waals surface area contributed by atoms with E-state index in [9.17, 15) is 53.1 Å². The van der Waals surface area contributed by atoms with Crippen LogP contribution in [0.1, 0.15) is 78.9 Å². The van der Waals surface area contributed by atoms with E-state index >= 15 is 0 Å². The molecule has 0 heterocycles. The standard InChI is InChI=1S/C19H17S.C18H15S.2C13H16F2O5S/c1-16-12-14-19(15-13-16)20(17-8-4-2-5-9-17)18-10-6-3-7-11-18;1-4-10-16(11-5-1)19(17-12-6-2-7-13-17)18-14-8-3-9-15-18;2*1-12(2,3)10-6-4-9(5-7-10)11(16)20-8-13(14,15)21(17,18)19/h2-15H,1H3;1-15H;2*4-7H,8H2,1-3H3,(H,17,18,19)/q2*+1;;/p-2. The quantitative estimate of drug-likeness (QED) is 0.0442. The molecule has 18 heteroatoms. The van der Waals surface area contributed by atoms with Gasteiger partial charge in [-0.1, -0.05) is 174 Å². The van der Waals surface area contributed by atoms with Gasteiger partial charge in [-0.2, -0.15) is 17.6 Å². The number of hydrogen-bond acceptors (Lipinski definition) is 10. The molecule has 0 radical (unpaired) electrons. The molecule has 0 fully saturated rings. The predicted octanol–water partition coefficient (Wildman–Crippen LogP) is 14.4. The molecule has 0 N–H and O–H groups in total. The van der Waals surface area contributed by atoms with Crippen molar-refractivity contribution >= 4 is 54.0 Å². The van der Waals surface area contributed by atoms with Crippen molar-refractivity contribution in [3.05, 3.63) is 252 Å². The molecule has 0 aliphatic carbocycles. The van der Waals surface area contributed by atoms with Gasteiger partial charge in [0.15, 0.2) is 62.8 Å². The van der Waals surface area contributed by atoms with Gasteiger partial charge in [-0.25, -0.2) is 26.4 Å². The third-order valence-electron chi connectivity index (χ3n) is 11.6. The van der Waals surface area contributed by atoms with Crippen LogP contribution >= 0.6 is 0 Å².